The summed E-state index contributed by atoms with van der Waals surface area (Å²) < 4.78 is 42.1. The van der Waals surface area contributed by atoms with Gasteiger partial charge in [-0.15, -0.1) is 5.10 Å². The van der Waals surface area contributed by atoms with E-state index in [2.05, 4.69) is 73.5 Å². The highest BCUT2D eigenvalue weighted by molar-refractivity contribution is 6.62. The predicted molar refractivity (Wildman–Crippen MR) is 192 cm³/mol. The largest absolute Gasteiger partial charge is 0.497 e. The van der Waals surface area contributed by atoms with E-state index in [0.717, 1.165) is 87.3 Å². The lowest BCUT2D eigenvalue weighted by Gasteiger charge is -2.32. The van der Waals surface area contributed by atoms with E-state index in [1.54, 1.807) is 21.3 Å². The third kappa shape index (κ3) is 7.36. The average molecular weight is 670 g/mol. The van der Waals surface area contributed by atoms with Crippen LogP contribution < -0.4 is 25.0 Å². The number of nitrogens with zero attached hydrogens (tertiary/aromatic N) is 2. The van der Waals surface area contributed by atoms with Gasteiger partial charge in [0.25, 0.3) is 0 Å². The van der Waals surface area contributed by atoms with Crippen LogP contribution in [0.3, 0.4) is 0 Å². The zero-order valence-electron chi connectivity index (χ0n) is 30.0. The summed E-state index contributed by atoms with van der Waals surface area (Å²) >= 11 is 0. The van der Waals surface area contributed by atoms with Crippen LogP contribution in [-0.2, 0) is 31.7 Å². The lowest BCUT2D eigenvalue weighted by molar-refractivity contribution is -0.161. The lowest BCUT2D eigenvalue weighted by Crippen LogP contribution is -2.41. The van der Waals surface area contributed by atoms with Crippen LogP contribution in [-0.4, -0.2) is 69.4 Å². The fourth-order valence-electron chi connectivity index (χ4n) is 6.34. The standard InChI is InChI=1S/C38H48BN3O7/c1-24-30-19-25(13-15-29(30)36(42-41-24)40-23-27-12-14-28(43-6)21-33(27)44-7)31-22-32(39-48-37(2,3)38(4,5)49-39)26(20-34(31)45-8)16-18-47-35-11-9-10-17-46-35/h12-15,19-22,35H,9-11,16-18,23H2,1-8H3,(H,40,42). The molecule has 10 nitrogen and oxygen atoms in total. The number of hydrogen-bond donors (Lipinski definition) is 1. The second-order valence-electron chi connectivity index (χ2n) is 13.7. The molecule has 2 aliphatic heterocycles. The first-order valence-electron chi connectivity index (χ1n) is 17.1. The van der Waals surface area contributed by atoms with Gasteiger partial charge >= 0.3 is 7.12 Å². The van der Waals surface area contributed by atoms with E-state index in [-0.39, 0.29) is 6.29 Å². The van der Waals surface area contributed by atoms with Gasteiger partial charge in [-0.1, -0.05) is 12.1 Å². The van der Waals surface area contributed by atoms with Crippen LogP contribution >= 0.6 is 0 Å². The molecule has 0 aliphatic carbocycles. The number of ether oxygens (including phenoxy) is 5. The molecule has 1 N–H and O–H groups in total. The van der Waals surface area contributed by atoms with Gasteiger partial charge in [0.1, 0.15) is 17.2 Å². The van der Waals surface area contributed by atoms with E-state index in [1.807, 2.05) is 25.1 Å². The Morgan fingerprint density at radius 3 is 2.31 bits per heavy atom. The molecule has 4 aromatic rings. The molecule has 260 valence electrons. The van der Waals surface area contributed by atoms with Crippen molar-refractivity contribution in [2.24, 2.45) is 0 Å². The molecule has 0 spiro atoms. The molecule has 6 rings (SSSR count). The number of rotatable bonds is 12. The number of aryl methyl sites for hydroxylation is 1. The Balaban J connectivity index is 1.33. The minimum Gasteiger partial charge on any atom is -0.497 e. The van der Waals surface area contributed by atoms with Crippen molar-refractivity contribution in [2.45, 2.75) is 84.3 Å². The Labute approximate surface area is 289 Å². The van der Waals surface area contributed by atoms with Gasteiger partial charge in [-0.25, -0.2) is 0 Å². The van der Waals surface area contributed by atoms with E-state index in [1.165, 1.54) is 0 Å². The molecule has 1 atom stereocenters. The van der Waals surface area contributed by atoms with Crippen LogP contribution in [0.1, 0.15) is 63.8 Å². The Morgan fingerprint density at radius 1 is 0.837 bits per heavy atom. The van der Waals surface area contributed by atoms with Crippen molar-refractivity contribution >= 4 is 29.2 Å². The van der Waals surface area contributed by atoms with Gasteiger partial charge < -0.3 is 38.3 Å². The summed E-state index contributed by atoms with van der Waals surface area (Å²) in [7, 11) is 4.45. The second-order valence-corrected chi connectivity index (χ2v) is 13.7. The van der Waals surface area contributed by atoms with Crippen LogP contribution in [0.25, 0.3) is 21.9 Å². The number of hydrogen-bond acceptors (Lipinski definition) is 10. The van der Waals surface area contributed by atoms with Crippen molar-refractivity contribution in [3.05, 3.63) is 65.4 Å². The number of methoxy groups -OCH3 is 3. The van der Waals surface area contributed by atoms with Crippen LogP contribution in [0.2, 0.25) is 0 Å². The van der Waals surface area contributed by atoms with Crippen LogP contribution in [0.15, 0.2) is 48.5 Å². The van der Waals surface area contributed by atoms with Crippen LogP contribution in [0, 0.1) is 6.92 Å². The number of fused-ring (bicyclic) bond motifs is 1. The molecule has 49 heavy (non-hydrogen) atoms. The molecule has 2 fully saturated rings. The van der Waals surface area contributed by atoms with Gasteiger partial charge in [0.05, 0.1) is 44.8 Å². The Bertz CT molecular complexity index is 1780. The van der Waals surface area contributed by atoms with Gasteiger partial charge in [0.2, 0.25) is 0 Å². The van der Waals surface area contributed by atoms with E-state index >= 15 is 0 Å². The van der Waals surface area contributed by atoms with Crippen molar-refractivity contribution in [3.8, 4) is 28.4 Å². The second kappa shape index (κ2) is 14.5. The molecule has 0 saturated carbocycles. The molecule has 0 radical (unpaired) electrons. The Hall–Kier alpha value is -3.90. The highest BCUT2D eigenvalue weighted by Crippen LogP contribution is 2.39. The maximum Gasteiger partial charge on any atom is 0.495 e. The molecule has 2 aliphatic rings. The summed E-state index contributed by atoms with van der Waals surface area (Å²) in [5.41, 5.74) is 4.77. The first-order chi connectivity index (χ1) is 23.5. The van der Waals surface area contributed by atoms with Gasteiger partial charge in [-0.2, -0.15) is 5.10 Å². The average Bonchev–Trinajstić information content (AvgIpc) is 3.33. The van der Waals surface area contributed by atoms with Crippen molar-refractivity contribution in [3.63, 3.8) is 0 Å². The third-order valence-corrected chi connectivity index (χ3v) is 10.00. The highest BCUT2D eigenvalue weighted by atomic mass is 16.7. The monoisotopic (exact) mass is 669 g/mol. The van der Waals surface area contributed by atoms with E-state index in [0.29, 0.717) is 25.4 Å². The van der Waals surface area contributed by atoms with Gasteiger partial charge in [0.15, 0.2) is 12.1 Å². The predicted octanol–water partition coefficient (Wildman–Crippen LogP) is 6.63. The smallest absolute Gasteiger partial charge is 0.495 e. The molecule has 3 heterocycles. The zero-order valence-corrected chi connectivity index (χ0v) is 30.0. The van der Waals surface area contributed by atoms with Crippen molar-refractivity contribution in [1.29, 1.82) is 0 Å². The van der Waals surface area contributed by atoms with Crippen molar-refractivity contribution in [1.82, 2.24) is 10.2 Å². The Kier molecular flexibility index (Phi) is 10.4. The maximum absolute atomic E-state index is 6.58. The third-order valence-electron chi connectivity index (χ3n) is 10.00. The quantitative estimate of drug-likeness (QED) is 0.166. The molecule has 1 unspecified atom stereocenters. The van der Waals surface area contributed by atoms with Crippen LogP contribution in [0.4, 0.5) is 5.82 Å². The van der Waals surface area contributed by atoms with Crippen molar-refractivity contribution < 1.29 is 33.0 Å². The molecular weight excluding hydrogens is 621 g/mol. The molecule has 3 aromatic carbocycles. The number of benzene rings is 3. The first-order valence-corrected chi connectivity index (χ1v) is 17.1. The van der Waals surface area contributed by atoms with Gasteiger partial charge in [0, 0.05) is 41.1 Å². The normalized spacial score (nSPS) is 18.4. The fourth-order valence-corrected chi connectivity index (χ4v) is 6.34. The minimum atomic E-state index is -0.547. The summed E-state index contributed by atoms with van der Waals surface area (Å²) in [6.07, 6.45) is 3.64. The number of aromatic nitrogens is 2. The lowest BCUT2D eigenvalue weighted by atomic mass is 9.73. The topological polar surface area (TPSA) is 102 Å². The molecule has 11 heteroatoms. The summed E-state index contributed by atoms with van der Waals surface area (Å²) in [5, 5.41) is 14.4. The summed E-state index contributed by atoms with van der Waals surface area (Å²) in [5.74, 6) is 2.92. The van der Waals surface area contributed by atoms with E-state index in [4.69, 9.17) is 33.0 Å². The van der Waals surface area contributed by atoms with Crippen molar-refractivity contribution in [2.75, 3.05) is 39.9 Å². The number of nitrogens with one attached hydrogen (secondary N) is 1. The number of anilines is 1. The maximum atomic E-state index is 6.58. The summed E-state index contributed by atoms with van der Waals surface area (Å²) in [4.78, 5) is 0. The molecular formula is C38H48BN3O7. The molecule has 2 saturated heterocycles. The van der Waals surface area contributed by atoms with E-state index in [9.17, 15) is 0 Å². The van der Waals surface area contributed by atoms with E-state index < -0.39 is 18.3 Å². The first kappa shape index (κ1) is 34.9. The SMILES string of the molecule is COc1ccc(CNc2nnc(C)c3cc(-c4cc(B5OC(C)(C)C(C)(C)O5)c(CCOC5CCCCO5)cc4OC)ccc23)c(OC)c1. The highest BCUT2D eigenvalue weighted by Gasteiger charge is 2.52. The summed E-state index contributed by atoms with van der Waals surface area (Å²) in [6, 6.07) is 16.3. The Morgan fingerprint density at radius 2 is 1.61 bits per heavy atom. The molecule has 0 amide bonds. The fraction of sp³-hybridized carbons (Fsp3) is 0.474. The van der Waals surface area contributed by atoms with Gasteiger partial charge in [-0.3, -0.25) is 0 Å². The summed E-state index contributed by atoms with van der Waals surface area (Å²) in [6.45, 7) is 12.0. The zero-order chi connectivity index (χ0) is 34.8. The van der Waals surface area contributed by atoms with Gasteiger partial charge in [-0.05, 0) is 107 Å². The molecule has 0 bridgehead atoms. The molecule has 1 aromatic heterocycles. The minimum absolute atomic E-state index is 0.156. The van der Waals surface area contributed by atoms with Crippen LogP contribution in [0.5, 0.6) is 17.2 Å².